The molecule has 162 valence electrons. The SMILES string of the molecule is CCOC(=O)c1ccc(S(=O)(=O)N2CCC(C(=O)NCC(=O)OC(C)C)CC2)o1. The fourth-order valence-corrected chi connectivity index (χ4v) is 4.25. The molecule has 10 nitrogen and oxygen atoms in total. The molecule has 29 heavy (non-hydrogen) atoms. The van der Waals surface area contributed by atoms with Crippen LogP contribution in [0.2, 0.25) is 0 Å². The lowest BCUT2D eigenvalue weighted by atomic mass is 9.97. The minimum atomic E-state index is -3.92. The van der Waals surface area contributed by atoms with Gasteiger partial charge in [0, 0.05) is 19.0 Å². The number of carbonyl (C=O) groups excluding carboxylic acids is 3. The van der Waals surface area contributed by atoms with E-state index in [9.17, 15) is 22.8 Å². The number of rotatable bonds is 8. The molecular weight excluding hydrogens is 404 g/mol. The third-order valence-corrected chi connectivity index (χ3v) is 6.02. The third kappa shape index (κ3) is 6.04. The van der Waals surface area contributed by atoms with Crippen LogP contribution in [0.15, 0.2) is 21.6 Å². The maximum absolute atomic E-state index is 12.7. The van der Waals surface area contributed by atoms with Crippen LogP contribution in [-0.4, -0.2) is 62.9 Å². The first-order valence-electron chi connectivity index (χ1n) is 9.39. The van der Waals surface area contributed by atoms with Crippen molar-refractivity contribution >= 4 is 27.9 Å². The second-order valence-corrected chi connectivity index (χ2v) is 8.64. The molecule has 1 saturated heterocycles. The Morgan fingerprint density at radius 3 is 2.48 bits per heavy atom. The molecule has 1 aliphatic rings. The largest absolute Gasteiger partial charge is 0.462 e. The zero-order chi connectivity index (χ0) is 21.6. The molecule has 2 rings (SSSR count). The van der Waals surface area contributed by atoms with Gasteiger partial charge in [-0.15, -0.1) is 0 Å². The summed E-state index contributed by atoms with van der Waals surface area (Å²) in [7, 11) is -3.92. The van der Waals surface area contributed by atoms with Gasteiger partial charge >= 0.3 is 11.9 Å². The first-order valence-corrected chi connectivity index (χ1v) is 10.8. The molecule has 0 radical (unpaired) electrons. The number of esters is 2. The number of hydrogen-bond donors (Lipinski definition) is 1. The minimum absolute atomic E-state index is 0.117. The second kappa shape index (κ2) is 9.88. The van der Waals surface area contributed by atoms with E-state index in [1.807, 2.05) is 0 Å². The maximum Gasteiger partial charge on any atom is 0.374 e. The van der Waals surface area contributed by atoms with Gasteiger partial charge in [0.15, 0.2) is 0 Å². The van der Waals surface area contributed by atoms with Crippen molar-refractivity contribution in [2.75, 3.05) is 26.2 Å². The predicted octanol–water partition coefficient (Wildman–Crippen LogP) is 0.925. The number of carbonyl (C=O) groups is 3. The Morgan fingerprint density at radius 1 is 1.24 bits per heavy atom. The number of ether oxygens (including phenoxy) is 2. The summed E-state index contributed by atoms with van der Waals surface area (Å²) in [6.45, 7) is 5.21. The van der Waals surface area contributed by atoms with E-state index < -0.39 is 27.9 Å². The molecule has 11 heteroatoms. The number of nitrogens with zero attached hydrogens (tertiary/aromatic N) is 1. The van der Waals surface area contributed by atoms with Crippen LogP contribution in [0.4, 0.5) is 0 Å². The smallest absolute Gasteiger partial charge is 0.374 e. The van der Waals surface area contributed by atoms with Crippen molar-refractivity contribution in [1.82, 2.24) is 9.62 Å². The van der Waals surface area contributed by atoms with Gasteiger partial charge in [-0.05, 0) is 45.7 Å². The van der Waals surface area contributed by atoms with Crippen LogP contribution in [0.3, 0.4) is 0 Å². The van der Waals surface area contributed by atoms with Crippen LogP contribution < -0.4 is 5.32 Å². The van der Waals surface area contributed by atoms with Crippen LogP contribution in [0.1, 0.15) is 44.2 Å². The fourth-order valence-electron chi connectivity index (χ4n) is 2.86. The van der Waals surface area contributed by atoms with Crippen molar-refractivity contribution in [3.05, 3.63) is 17.9 Å². The third-order valence-electron chi connectivity index (χ3n) is 4.25. The summed E-state index contributed by atoms with van der Waals surface area (Å²) in [6.07, 6.45) is 0.338. The van der Waals surface area contributed by atoms with E-state index in [2.05, 4.69) is 5.32 Å². The molecule has 2 heterocycles. The van der Waals surface area contributed by atoms with Crippen molar-refractivity contribution in [2.45, 2.75) is 44.8 Å². The summed E-state index contributed by atoms with van der Waals surface area (Å²) in [5, 5.41) is 2.17. The van der Waals surface area contributed by atoms with Gasteiger partial charge in [-0.1, -0.05) is 0 Å². The molecule has 1 fully saturated rings. The fraction of sp³-hybridized carbons (Fsp3) is 0.611. The van der Waals surface area contributed by atoms with E-state index in [1.165, 1.54) is 16.4 Å². The normalized spacial score (nSPS) is 15.9. The molecule has 1 aromatic rings. The lowest BCUT2D eigenvalue weighted by Gasteiger charge is -2.29. The maximum atomic E-state index is 12.7. The highest BCUT2D eigenvalue weighted by Gasteiger charge is 2.34. The first kappa shape index (κ1) is 22.9. The van der Waals surface area contributed by atoms with E-state index in [0.717, 1.165) is 0 Å². The van der Waals surface area contributed by atoms with Gasteiger partial charge in [0.25, 0.3) is 10.0 Å². The standard InChI is InChI=1S/C18H26N2O8S/c1-4-26-18(23)14-5-6-16(28-14)29(24,25)20-9-7-13(8-10-20)17(22)19-11-15(21)27-12(2)3/h5-6,12-13H,4,7-11H2,1-3H3,(H,19,22). The molecule has 0 aromatic carbocycles. The Morgan fingerprint density at radius 2 is 1.90 bits per heavy atom. The molecule has 0 unspecified atom stereocenters. The lowest BCUT2D eigenvalue weighted by molar-refractivity contribution is -0.147. The second-order valence-electron chi connectivity index (χ2n) is 6.77. The summed E-state index contributed by atoms with van der Waals surface area (Å²) in [5.74, 6) is -2.16. The quantitative estimate of drug-likeness (QED) is 0.602. The number of sulfonamides is 1. The number of nitrogens with one attached hydrogen (secondary N) is 1. The van der Waals surface area contributed by atoms with Gasteiger partial charge in [0.2, 0.25) is 16.8 Å². The number of piperidine rings is 1. The van der Waals surface area contributed by atoms with Crippen LogP contribution in [-0.2, 0) is 29.1 Å². The lowest BCUT2D eigenvalue weighted by Crippen LogP contribution is -2.44. The Kier molecular flexibility index (Phi) is 7.80. The monoisotopic (exact) mass is 430 g/mol. The molecule has 1 aromatic heterocycles. The van der Waals surface area contributed by atoms with Crippen LogP contribution in [0.5, 0.6) is 0 Å². The molecule has 0 atom stereocenters. The molecule has 0 aliphatic carbocycles. The Labute approximate surface area is 169 Å². The molecule has 0 spiro atoms. The van der Waals surface area contributed by atoms with E-state index in [-0.39, 0.29) is 49.1 Å². The molecule has 1 N–H and O–H groups in total. The van der Waals surface area contributed by atoms with Crippen LogP contribution in [0.25, 0.3) is 0 Å². The summed E-state index contributed by atoms with van der Waals surface area (Å²) in [4.78, 5) is 35.3. The molecular formula is C18H26N2O8S. The molecule has 0 bridgehead atoms. The van der Waals surface area contributed by atoms with Crippen molar-refractivity contribution < 1.29 is 36.7 Å². The van der Waals surface area contributed by atoms with Gasteiger partial charge in [0.1, 0.15) is 6.54 Å². The average molecular weight is 430 g/mol. The van der Waals surface area contributed by atoms with E-state index in [0.29, 0.717) is 12.8 Å². The topological polar surface area (TPSA) is 132 Å². The summed E-state index contributed by atoms with van der Waals surface area (Å²) < 4.78 is 41.5. The van der Waals surface area contributed by atoms with Gasteiger partial charge in [-0.25, -0.2) is 13.2 Å². The van der Waals surface area contributed by atoms with E-state index in [4.69, 9.17) is 13.9 Å². The average Bonchev–Trinajstić information content (AvgIpc) is 3.17. The molecule has 0 saturated carbocycles. The van der Waals surface area contributed by atoms with Crippen molar-refractivity contribution in [3.63, 3.8) is 0 Å². The zero-order valence-corrected chi connectivity index (χ0v) is 17.5. The Balaban J connectivity index is 1.90. The van der Waals surface area contributed by atoms with Crippen molar-refractivity contribution in [3.8, 4) is 0 Å². The number of furan rings is 1. The first-order chi connectivity index (χ1) is 13.6. The summed E-state index contributed by atoms with van der Waals surface area (Å²) in [6, 6.07) is 2.46. The Bertz CT molecular complexity index is 838. The van der Waals surface area contributed by atoms with Gasteiger partial charge in [0.05, 0.1) is 12.7 Å². The van der Waals surface area contributed by atoms with Crippen LogP contribution in [0, 0.1) is 5.92 Å². The van der Waals surface area contributed by atoms with E-state index in [1.54, 1.807) is 20.8 Å². The van der Waals surface area contributed by atoms with E-state index >= 15 is 0 Å². The zero-order valence-electron chi connectivity index (χ0n) is 16.7. The Hall–Kier alpha value is -2.40. The molecule has 1 amide bonds. The number of amides is 1. The highest BCUT2D eigenvalue weighted by molar-refractivity contribution is 7.89. The van der Waals surface area contributed by atoms with Gasteiger partial charge in [-0.3, -0.25) is 9.59 Å². The van der Waals surface area contributed by atoms with Gasteiger partial charge < -0.3 is 19.2 Å². The predicted molar refractivity (Wildman–Crippen MR) is 100 cm³/mol. The van der Waals surface area contributed by atoms with Crippen molar-refractivity contribution in [2.24, 2.45) is 5.92 Å². The van der Waals surface area contributed by atoms with Gasteiger partial charge in [-0.2, -0.15) is 4.31 Å². The minimum Gasteiger partial charge on any atom is -0.462 e. The molecule has 1 aliphatic heterocycles. The summed E-state index contributed by atoms with van der Waals surface area (Å²) >= 11 is 0. The summed E-state index contributed by atoms with van der Waals surface area (Å²) in [5.41, 5.74) is 0. The highest BCUT2D eigenvalue weighted by Crippen LogP contribution is 2.25. The van der Waals surface area contributed by atoms with Crippen LogP contribution >= 0.6 is 0 Å². The highest BCUT2D eigenvalue weighted by atomic mass is 32.2. The number of hydrogen-bond acceptors (Lipinski definition) is 8. The van der Waals surface area contributed by atoms with Crippen molar-refractivity contribution in [1.29, 1.82) is 0 Å².